The van der Waals surface area contributed by atoms with E-state index >= 15 is 0 Å². The van der Waals surface area contributed by atoms with Crippen molar-refractivity contribution in [3.63, 3.8) is 0 Å². The normalized spacial score (nSPS) is 14.8. The summed E-state index contributed by atoms with van der Waals surface area (Å²) >= 11 is 3.98. The number of carbonyl (C=O) groups is 6. The molecule has 0 spiro atoms. The van der Waals surface area contributed by atoms with Gasteiger partial charge in [-0.3, -0.25) is 29.8 Å². The lowest BCUT2D eigenvalue weighted by Gasteiger charge is -2.27. The Balaban J connectivity index is 6.02. The van der Waals surface area contributed by atoms with Gasteiger partial charge in [0.1, 0.15) is 30.5 Å². The number of rotatable bonds is 30. The van der Waals surface area contributed by atoms with E-state index in [0.29, 0.717) is 90.3 Å². The topological polar surface area (TPSA) is 325 Å². The predicted octanol–water partition coefficient (Wildman–Crippen LogP) is -4.12. The van der Waals surface area contributed by atoms with E-state index in [1.165, 1.54) is 0 Å². The van der Waals surface area contributed by atoms with Gasteiger partial charge in [0.15, 0.2) is 0 Å². The maximum absolute atomic E-state index is 13.7. The molecule has 0 saturated carbocycles. The number of amides is 5. The molecule has 5 amide bonds. The third kappa shape index (κ3) is 19.8. The summed E-state index contributed by atoms with van der Waals surface area (Å²) < 4.78 is 0. The third-order valence-corrected chi connectivity index (χ3v) is 8.10. The molecule has 0 aliphatic rings. The number of hydrogen-bond donors (Lipinski definition) is 13. The second-order valence-electron chi connectivity index (χ2n) is 11.7. The average molecular weight is 720 g/mol. The summed E-state index contributed by atoms with van der Waals surface area (Å²) in [6.07, 6.45) is 5.93. The fraction of sp³-hybridized carbons (Fsp3) is 0.800. The van der Waals surface area contributed by atoms with Crippen LogP contribution in [-0.4, -0.2) is 116 Å². The van der Waals surface area contributed by atoms with Crippen LogP contribution in [0, 0.1) is 0 Å². The van der Waals surface area contributed by atoms with Crippen molar-refractivity contribution in [1.82, 2.24) is 32.0 Å². The summed E-state index contributed by atoms with van der Waals surface area (Å²) in [5.41, 5.74) is 25.0. The van der Waals surface area contributed by atoms with Crippen LogP contribution >= 0.6 is 12.6 Å². The minimum absolute atomic E-state index is 0.00715. The van der Waals surface area contributed by atoms with Gasteiger partial charge in [0.25, 0.3) is 0 Å². The van der Waals surface area contributed by atoms with E-state index in [9.17, 15) is 33.9 Å². The lowest BCUT2D eigenvalue weighted by molar-refractivity contribution is -0.135. The molecule has 0 bridgehead atoms. The standard InChI is InChI=1S/C30H61N11O7S/c31-13-5-1-9-21(37-27(45)22(10-2-6-14-32)39-29(47)24(41-35)12-4-8-16-34)26(44)38-23(11-3-7-15-33)28(46)40-25(18-43)30(48)36-20(17-42)19-49/h17,20-25,41,43,49H,1-16,18-19,31-35H2,(H,36,48)(H,37,45)(H,38,44)(H,39,47)(H,40,46)/t20-,21?,22+,23+,24?,25?/m1/s1. The van der Waals surface area contributed by atoms with Crippen molar-refractivity contribution < 1.29 is 33.9 Å². The summed E-state index contributed by atoms with van der Waals surface area (Å²) in [6, 6.07) is -6.38. The molecule has 18 nitrogen and oxygen atoms in total. The molecule has 0 aromatic carbocycles. The highest BCUT2D eigenvalue weighted by atomic mass is 32.1. The second-order valence-corrected chi connectivity index (χ2v) is 12.1. The van der Waals surface area contributed by atoms with Crippen LogP contribution in [0.4, 0.5) is 0 Å². The zero-order chi connectivity index (χ0) is 37.0. The van der Waals surface area contributed by atoms with Gasteiger partial charge in [-0.05, 0) is 96.8 Å². The van der Waals surface area contributed by atoms with Crippen LogP contribution < -0.4 is 60.8 Å². The van der Waals surface area contributed by atoms with Crippen LogP contribution in [0.2, 0.25) is 0 Å². The van der Waals surface area contributed by atoms with E-state index in [2.05, 4.69) is 44.6 Å². The molecule has 3 unspecified atom stereocenters. The smallest absolute Gasteiger partial charge is 0.245 e. The number of aliphatic hydroxyl groups excluding tert-OH is 1. The van der Waals surface area contributed by atoms with Gasteiger partial charge in [-0.1, -0.05) is 6.42 Å². The van der Waals surface area contributed by atoms with Crippen molar-refractivity contribution in [3.05, 3.63) is 0 Å². The van der Waals surface area contributed by atoms with Crippen LogP contribution in [0.15, 0.2) is 0 Å². The molecular formula is C30H61N11O7S. The minimum atomic E-state index is -1.41. The SMILES string of the molecule is NCCCCC(NN)C(=O)N[C@@H](CCCCN)C(=O)NC(CCCCN)C(=O)N[C@@H](CCCCN)C(=O)NC(CO)C(=O)N[C@H](C=O)CS. The summed E-state index contributed by atoms with van der Waals surface area (Å²) in [7, 11) is 0. The van der Waals surface area contributed by atoms with Crippen LogP contribution in [0.25, 0.3) is 0 Å². The summed E-state index contributed by atoms with van der Waals surface area (Å²) in [4.78, 5) is 77.3. The molecule has 0 fully saturated rings. The van der Waals surface area contributed by atoms with Crippen molar-refractivity contribution >= 4 is 48.5 Å². The highest BCUT2D eigenvalue weighted by Gasteiger charge is 2.32. The van der Waals surface area contributed by atoms with Gasteiger partial charge in [-0.25, -0.2) is 5.43 Å². The van der Waals surface area contributed by atoms with E-state index in [0.717, 1.165) is 0 Å². The van der Waals surface area contributed by atoms with Gasteiger partial charge in [0, 0.05) is 5.75 Å². The largest absolute Gasteiger partial charge is 0.394 e. The van der Waals surface area contributed by atoms with E-state index in [-0.39, 0.29) is 25.0 Å². The first-order chi connectivity index (χ1) is 23.6. The van der Waals surface area contributed by atoms with E-state index < -0.39 is 72.4 Å². The zero-order valence-corrected chi connectivity index (χ0v) is 29.4. The Morgan fingerprint density at radius 2 is 0.837 bits per heavy atom. The maximum Gasteiger partial charge on any atom is 0.245 e. The number of carbonyl (C=O) groups excluding carboxylic acids is 6. The summed E-state index contributed by atoms with van der Waals surface area (Å²) in [6.45, 7) is 0.759. The van der Waals surface area contributed by atoms with Crippen molar-refractivity contribution in [3.8, 4) is 0 Å². The number of aldehydes is 1. The molecule has 49 heavy (non-hydrogen) atoms. The molecule has 0 aromatic heterocycles. The number of aliphatic hydroxyl groups is 1. The molecule has 0 rings (SSSR count). The molecule has 0 aliphatic heterocycles. The number of thiol groups is 1. The van der Waals surface area contributed by atoms with E-state index in [1.54, 1.807) is 0 Å². The van der Waals surface area contributed by atoms with Gasteiger partial charge < -0.3 is 59.4 Å². The summed E-state index contributed by atoms with van der Waals surface area (Å²) in [5.74, 6) is 2.28. The fourth-order valence-electron chi connectivity index (χ4n) is 4.76. The molecular weight excluding hydrogens is 658 g/mol. The minimum Gasteiger partial charge on any atom is -0.394 e. The van der Waals surface area contributed by atoms with Crippen molar-refractivity contribution in [1.29, 1.82) is 0 Å². The lowest BCUT2D eigenvalue weighted by Crippen LogP contribution is -2.59. The average Bonchev–Trinajstić information content (AvgIpc) is 3.09. The molecule has 17 N–H and O–H groups in total. The molecule has 0 radical (unpaired) electrons. The molecule has 6 atom stereocenters. The van der Waals surface area contributed by atoms with Gasteiger partial charge >= 0.3 is 0 Å². The Bertz CT molecular complexity index is 983. The third-order valence-electron chi connectivity index (χ3n) is 7.71. The van der Waals surface area contributed by atoms with Crippen molar-refractivity contribution in [2.75, 3.05) is 38.5 Å². The Kier molecular flexibility index (Phi) is 27.2. The second kappa shape index (κ2) is 28.9. The summed E-state index contributed by atoms with van der Waals surface area (Å²) in [5, 5.41) is 22.7. The Hall–Kier alpha value is -2.91. The van der Waals surface area contributed by atoms with Gasteiger partial charge in [-0.15, -0.1) is 0 Å². The molecule has 0 aromatic rings. The highest BCUT2D eigenvalue weighted by molar-refractivity contribution is 7.80. The Morgan fingerprint density at radius 1 is 0.531 bits per heavy atom. The fourth-order valence-corrected chi connectivity index (χ4v) is 4.93. The quantitative estimate of drug-likeness (QED) is 0.0110. The zero-order valence-electron chi connectivity index (χ0n) is 28.5. The van der Waals surface area contributed by atoms with E-state index in [4.69, 9.17) is 28.8 Å². The molecule has 19 heteroatoms. The number of hydrazine groups is 1. The molecule has 0 saturated heterocycles. The van der Waals surface area contributed by atoms with E-state index in [1.807, 2.05) is 0 Å². The Labute approximate surface area is 294 Å². The molecule has 284 valence electrons. The van der Waals surface area contributed by atoms with Gasteiger partial charge in [-0.2, -0.15) is 12.6 Å². The van der Waals surface area contributed by atoms with Crippen LogP contribution in [-0.2, 0) is 28.8 Å². The first kappa shape index (κ1) is 46.1. The number of hydrogen-bond acceptors (Lipinski definition) is 14. The maximum atomic E-state index is 13.7. The Morgan fingerprint density at radius 3 is 1.12 bits per heavy atom. The van der Waals surface area contributed by atoms with Crippen LogP contribution in [0.5, 0.6) is 0 Å². The van der Waals surface area contributed by atoms with Gasteiger partial charge in [0.05, 0.1) is 18.7 Å². The predicted molar refractivity (Wildman–Crippen MR) is 189 cm³/mol. The first-order valence-corrected chi connectivity index (χ1v) is 17.7. The lowest BCUT2D eigenvalue weighted by atomic mass is 10.0. The number of unbranched alkanes of at least 4 members (excludes halogenated alkanes) is 4. The molecule has 0 heterocycles. The van der Waals surface area contributed by atoms with Crippen LogP contribution in [0.3, 0.4) is 0 Å². The van der Waals surface area contributed by atoms with Crippen molar-refractivity contribution in [2.45, 2.75) is 113 Å². The highest BCUT2D eigenvalue weighted by Crippen LogP contribution is 2.09. The first-order valence-electron chi connectivity index (χ1n) is 17.0. The number of nitrogens with two attached hydrogens (primary N) is 5. The van der Waals surface area contributed by atoms with Gasteiger partial charge in [0.2, 0.25) is 29.5 Å². The van der Waals surface area contributed by atoms with Crippen molar-refractivity contribution in [2.24, 2.45) is 28.8 Å². The monoisotopic (exact) mass is 719 g/mol. The van der Waals surface area contributed by atoms with Crippen LogP contribution in [0.1, 0.15) is 77.0 Å². The molecule has 0 aliphatic carbocycles. The number of nitrogens with one attached hydrogen (secondary N) is 6.